The number of carbonyl (C=O) groups excluding carboxylic acids is 1. The van der Waals surface area contributed by atoms with Gasteiger partial charge in [-0.1, -0.05) is 0 Å². The van der Waals surface area contributed by atoms with Crippen molar-refractivity contribution in [3.8, 4) is 0 Å². The maximum absolute atomic E-state index is 11.4. The lowest BCUT2D eigenvalue weighted by Gasteiger charge is -2.19. The van der Waals surface area contributed by atoms with E-state index in [2.05, 4.69) is 20.9 Å². The fourth-order valence-electron chi connectivity index (χ4n) is 1.37. The number of ether oxygens (including phenoxy) is 2. The first-order valence-corrected chi connectivity index (χ1v) is 7.45. The van der Waals surface area contributed by atoms with Crippen LogP contribution in [0.25, 0.3) is 0 Å². The van der Waals surface area contributed by atoms with E-state index in [1.54, 1.807) is 0 Å². The summed E-state index contributed by atoms with van der Waals surface area (Å²) >= 11 is 0. The van der Waals surface area contributed by atoms with Crippen molar-refractivity contribution in [2.24, 2.45) is 4.99 Å². The van der Waals surface area contributed by atoms with Gasteiger partial charge in [0.1, 0.15) is 5.60 Å². The average molecular weight is 430 g/mol. The fraction of sp³-hybridized carbons (Fsp3) is 0.857. The third-order valence-corrected chi connectivity index (χ3v) is 2.14. The minimum absolute atomic E-state index is 0. The Balaban J connectivity index is 0. The second-order valence-electron chi connectivity index (χ2n) is 5.31. The number of nitrogens with one attached hydrogen (secondary N) is 3. The van der Waals surface area contributed by atoms with Crippen LogP contribution in [0.3, 0.4) is 0 Å². The minimum Gasteiger partial charge on any atom is -0.444 e. The highest BCUT2D eigenvalue weighted by Gasteiger charge is 2.15. The quantitative estimate of drug-likeness (QED) is 0.236. The van der Waals surface area contributed by atoms with Crippen LogP contribution in [0.1, 0.15) is 34.6 Å². The van der Waals surface area contributed by atoms with Crippen molar-refractivity contribution in [2.75, 3.05) is 39.4 Å². The minimum atomic E-state index is -0.479. The summed E-state index contributed by atoms with van der Waals surface area (Å²) in [4.78, 5) is 15.8. The van der Waals surface area contributed by atoms with Gasteiger partial charge in [-0.05, 0) is 34.6 Å². The zero-order valence-electron chi connectivity index (χ0n) is 14.3. The lowest BCUT2D eigenvalue weighted by atomic mass is 10.2. The SMILES string of the molecule is CCNC(=NCCOCC)NCCNC(=O)OC(C)(C)C.I. The molecule has 0 fully saturated rings. The van der Waals surface area contributed by atoms with Crippen LogP contribution in [0.4, 0.5) is 4.79 Å². The highest BCUT2D eigenvalue weighted by atomic mass is 127. The van der Waals surface area contributed by atoms with Crippen molar-refractivity contribution >= 4 is 36.0 Å². The van der Waals surface area contributed by atoms with Gasteiger partial charge in [0.2, 0.25) is 0 Å². The molecule has 0 aromatic heterocycles. The molecular formula is C14H31IN4O3. The Morgan fingerprint density at radius 2 is 1.73 bits per heavy atom. The molecule has 0 rings (SSSR count). The molecule has 22 heavy (non-hydrogen) atoms. The Hall–Kier alpha value is -0.770. The topological polar surface area (TPSA) is 84.0 Å². The van der Waals surface area contributed by atoms with Crippen LogP contribution in [-0.4, -0.2) is 57.0 Å². The van der Waals surface area contributed by atoms with Crippen LogP contribution in [-0.2, 0) is 9.47 Å². The summed E-state index contributed by atoms with van der Waals surface area (Å²) in [6.07, 6.45) is -0.414. The number of hydrogen-bond acceptors (Lipinski definition) is 4. The standard InChI is InChI=1S/C14H30N4O3.HI/c1-6-15-12(17-10-11-20-7-2)16-8-9-18-13(19)21-14(3,4)5;/h6-11H2,1-5H3,(H,18,19)(H2,15,16,17);1H. The van der Waals surface area contributed by atoms with Crippen LogP contribution < -0.4 is 16.0 Å². The van der Waals surface area contributed by atoms with Gasteiger partial charge >= 0.3 is 6.09 Å². The third-order valence-electron chi connectivity index (χ3n) is 2.14. The first-order chi connectivity index (χ1) is 9.89. The predicted octanol–water partition coefficient (Wildman–Crippen LogP) is 1.72. The Bertz CT molecular complexity index is 320. The van der Waals surface area contributed by atoms with Crippen molar-refractivity contribution in [1.29, 1.82) is 0 Å². The molecule has 0 aliphatic carbocycles. The largest absolute Gasteiger partial charge is 0.444 e. The van der Waals surface area contributed by atoms with Crippen molar-refractivity contribution in [3.63, 3.8) is 0 Å². The molecular weight excluding hydrogens is 399 g/mol. The van der Waals surface area contributed by atoms with Gasteiger partial charge in [0.05, 0.1) is 13.2 Å². The molecule has 132 valence electrons. The van der Waals surface area contributed by atoms with Gasteiger partial charge < -0.3 is 25.4 Å². The molecule has 0 aromatic carbocycles. The summed E-state index contributed by atoms with van der Waals surface area (Å²) in [6.45, 7) is 13.2. The van der Waals surface area contributed by atoms with Gasteiger partial charge in [-0.15, -0.1) is 24.0 Å². The molecule has 1 amide bonds. The van der Waals surface area contributed by atoms with Crippen molar-refractivity contribution in [3.05, 3.63) is 0 Å². The van der Waals surface area contributed by atoms with Crippen LogP contribution in [0.2, 0.25) is 0 Å². The van der Waals surface area contributed by atoms with E-state index in [9.17, 15) is 4.79 Å². The van der Waals surface area contributed by atoms with Crippen LogP contribution in [0.15, 0.2) is 4.99 Å². The molecule has 0 saturated heterocycles. The molecule has 7 nitrogen and oxygen atoms in total. The second-order valence-corrected chi connectivity index (χ2v) is 5.31. The molecule has 0 unspecified atom stereocenters. The van der Waals surface area contributed by atoms with Gasteiger partial charge in [-0.2, -0.15) is 0 Å². The number of nitrogens with zero attached hydrogens (tertiary/aromatic N) is 1. The zero-order valence-corrected chi connectivity index (χ0v) is 16.7. The number of hydrogen-bond donors (Lipinski definition) is 3. The summed E-state index contributed by atoms with van der Waals surface area (Å²) in [7, 11) is 0. The van der Waals surface area contributed by atoms with Crippen LogP contribution >= 0.6 is 24.0 Å². The van der Waals surface area contributed by atoms with E-state index in [0.29, 0.717) is 38.8 Å². The number of guanidine groups is 1. The Labute approximate surface area is 151 Å². The summed E-state index contributed by atoms with van der Waals surface area (Å²) < 4.78 is 10.4. The number of aliphatic imine (C=N–C) groups is 1. The van der Waals surface area contributed by atoms with Crippen molar-refractivity contribution in [2.45, 2.75) is 40.2 Å². The van der Waals surface area contributed by atoms with E-state index >= 15 is 0 Å². The van der Waals surface area contributed by atoms with Crippen LogP contribution in [0.5, 0.6) is 0 Å². The van der Waals surface area contributed by atoms with Gasteiger partial charge in [-0.25, -0.2) is 4.79 Å². The number of carbonyl (C=O) groups is 1. The average Bonchev–Trinajstić information content (AvgIpc) is 2.37. The number of halogens is 1. The summed E-state index contributed by atoms with van der Waals surface area (Å²) in [5.41, 5.74) is -0.479. The molecule has 0 bridgehead atoms. The zero-order chi connectivity index (χ0) is 16.1. The fourth-order valence-corrected chi connectivity index (χ4v) is 1.37. The lowest BCUT2D eigenvalue weighted by molar-refractivity contribution is 0.0529. The summed E-state index contributed by atoms with van der Waals surface area (Å²) in [6, 6.07) is 0. The first-order valence-electron chi connectivity index (χ1n) is 7.45. The Morgan fingerprint density at radius 3 is 2.27 bits per heavy atom. The smallest absolute Gasteiger partial charge is 0.407 e. The van der Waals surface area contributed by atoms with Gasteiger partial charge in [0, 0.05) is 26.2 Å². The van der Waals surface area contributed by atoms with E-state index in [0.717, 1.165) is 6.54 Å². The van der Waals surface area contributed by atoms with E-state index in [-0.39, 0.29) is 24.0 Å². The summed E-state index contributed by atoms with van der Waals surface area (Å²) in [5, 5.41) is 8.94. The molecule has 0 aliphatic heterocycles. The van der Waals surface area contributed by atoms with E-state index in [4.69, 9.17) is 9.47 Å². The molecule has 3 N–H and O–H groups in total. The van der Waals surface area contributed by atoms with E-state index < -0.39 is 11.7 Å². The molecule has 0 atom stereocenters. The molecule has 0 heterocycles. The summed E-state index contributed by atoms with van der Waals surface area (Å²) in [5.74, 6) is 0.711. The van der Waals surface area contributed by atoms with Gasteiger partial charge in [-0.3, -0.25) is 4.99 Å². The van der Waals surface area contributed by atoms with E-state index in [1.807, 2.05) is 34.6 Å². The van der Waals surface area contributed by atoms with Crippen molar-refractivity contribution in [1.82, 2.24) is 16.0 Å². The molecule has 0 radical (unpaired) electrons. The first kappa shape index (κ1) is 23.5. The van der Waals surface area contributed by atoms with Gasteiger partial charge in [0.25, 0.3) is 0 Å². The second kappa shape index (κ2) is 13.9. The number of amides is 1. The monoisotopic (exact) mass is 430 g/mol. The molecule has 0 aromatic rings. The lowest BCUT2D eigenvalue weighted by Crippen LogP contribution is -2.42. The molecule has 8 heteroatoms. The van der Waals surface area contributed by atoms with Crippen molar-refractivity contribution < 1.29 is 14.3 Å². The predicted molar refractivity (Wildman–Crippen MR) is 100 cm³/mol. The van der Waals surface area contributed by atoms with Crippen LogP contribution in [0, 0.1) is 0 Å². The van der Waals surface area contributed by atoms with Gasteiger partial charge in [0.15, 0.2) is 5.96 Å². The Morgan fingerprint density at radius 1 is 1.09 bits per heavy atom. The molecule has 0 spiro atoms. The normalized spacial score (nSPS) is 11.4. The number of rotatable bonds is 8. The van der Waals surface area contributed by atoms with E-state index in [1.165, 1.54) is 0 Å². The maximum atomic E-state index is 11.4. The molecule has 0 saturated carbocycles. The number of alkyl carbamates (subject to hydrolysis) is 1. The maximum Gasteiger partial charge on any atom is 0.407 e. The highest BCUT2D eigenvalue weighted by molar-refractivity contribution is 14.0. The molecule has 0 aliphatic rings. The Kier molecular flexibility index (Phi) is 14.8. The highest BCUT2D eigenvalue weighted by Crippen LogP contribution is 2.05. The third kappa shape index (κ3) is 15.6.